The zero-order valence-corrected chi connectivity index (χ0v) is 9.63. The van der Waals surface area contributed by atoms with Gasteiger partial charge in [-0.3, -0.25) is 0 Å². The first-order valence-corrected chi connectivity index (χ1v) is 5.08. The van der Waals surface area contributed by atoms with Crippen LogP contribution >= 0.6 is 0 Å². The van der Waals surface area contributed by atoms with E-state index >= 15 is 0 Å². The third-order valence-electron chi connectivity index (χ3n) is 2.72. The van der Waals surface area contributed by atoms with Gasteiger partial charge in [0.2, 0.25) is 0 Å². The number of halogens is 2. The van der Waals surface area contributed by atoms with Crippen LogP contribution in [0.1, 0.15) is 19.4 Å². The van der Waals surface area contributed by atoms with Gasteiger partial charge in [0.15, 0.2) is 0 Å². The molecule has 2 nitrogen and oxygen atoms in total. The van der Waals surface area contributed by atoms with Crippen LogP contribution < -0.4 is 0 Å². The topological polar surface area (TPSA) is 29.5 Å². The van der Waals surface area contributed by atoms with E-state index in [0.29, 0.717) is 0 Å². The largest absolute Gasteiger partial charge is 0.382 e. The lowest BCUT2D eigenvalue weighted by Crippen LogP contribution is -2.37. The van der Waals surface area contributed by atoms with E-state index in [0.717, 1.165) is 12.1 Å². The Hall–Kier alpha value is -1.00. The van der Waals surface area contributed by atoms with Gasteiger partial charge in [-0.1, -0.05) is 19.9 Å². The first-order chi connectivity index (χ1) is 7.41. The summed E-state index contributed by atoms with van der Waals surface area (Å²) in [5, 5.41) is 10.3. The highest BCUT2D eigenvalue weighted by atomic mass is 19.1. The van der Waals surface area contributed by atoms with Gasteiger partial charge in [-0.25, -0.2) is 8.78 Å². The number of aliphatic hydroxyl groups is 1. The van der Waals surface area contributed by atoms with Gasteiger partial charge in [-0.2, -0.15) is 0 Å². The van der Waals surface area contributed by atoms with Gasteiger partial charge in [-0.05, 0) is 12.0 Å². The van der Waals surface area contributed by atoms with Crippen LogP contribution in [0.3, 0.4) is 0 Å². The Morgan fingerprint density at radius 1 is 1.38 bits per heavy atom. The van der Waals surface area contributed by atoms with E-state index in [1.165, 1.54) is 13.2 Å². The van der Waals surface area contributed by atoms with Crippen molar-refractivity contribution in [1.82, 2.24) is 0 Å². The van der Waals surface area contributed by atoms with Gasteiger partial charge in [-0.15, -0.1) is 0 Å². The Labute approximate surface area is 93.9 Å². The summed E-state index contributed by atoms with van der Waals surface area (Å²) in [7, 11) is 1.43. The van der Waals surface area contributed by atoms with Gasteiger partial charge >= 0.3 is 0 Å². The summed E-state index contributed by atoms with van der Waals surface area (Å²) in [6.07, 6.45) is 0. The van der Waals surface area contributed by atoms with Crippen molar-refractivity contribution in [3.8, 4) is 0 Å². The van der Waals surface area contributed by atoms with Crippen molar-refractivity contribution in [2.45, 2.75) is 19.4 Å². The predicted octanol–water partition coefficient (Wildman–Crippen LogP) is 2.45. The summed E-state index contributed by atoms with van der Waals surface area (Å²) >= 11 is 0. The average Bonchev–Trinajstić information content (AvgIpc) is 2.17. The standard InChI is InChI=1S/C12H16F2O2/c1-8(2)12(15,7-16-3)10-5-4-9(13)6-11(10)14/h4-6,8,15H,7H2,1-3H3. The Bertz CT molecular complexity index is 366. The molecular formula is C12H16F2O2. The molecule has 0 radical (unpaired) electrons. The maximum atomic E-state index is 13.6. The minimum absolute atomic E-state index is 0.0345. The maximum Gasteiger partial charge on any atom is 0.132 e. The molecule has 1 aromatic carbocycles. The molecule has 16 heavy (non-hydrogen) atoms. The van der Waals surface area contributed by atoms with Crippen LogP contribution in [0.15, 0.2) is 18.2 Å². The van der Waals surface area contributed by atoms with Crippen LogP contribution in [-0.4, -0.2) is 18.8 Å². The first-order valence-electron chi connectivity index (χ1n) is 5.08. The van der Waals surface area contributed by atoms with E-state index in [1.54, 1.807) is 13.8 Å². The van der Waals surface area contributed by atoms with E-state index in [-0.39, 0.29) is 18.1 Å². The molecule has 90 valence electrons. The molecule has 1 atom stereocenters. The zero-order valence-electron chi connectivity index (χ0n) is 9.63. The number of hydrogen-bond donors (Lipinski definition) is 1. The lowest BCUT2D eigenvalue weighted by Gasteiger charge is -2.32. The number of rotatable bonds is 4. The van der Waals surface area contributed by atoms with Crippen molar-refractivity contribution in [1.29, 1.82) is 0 Å². The summed E-state index contributed by atoms with van der Waals surface area (Å²) in [4.78, 5) is 0. The SMILES string of the molecule is COCC(O)(c1ccc(F)cc1F)C(C)C. The first kappa shape index (κ1) is 13.1. The van der Waals surface area contributed by atoms with E-state index in [2.05, 4.69) is 0 Å². The predicted molar refractivity (Wildman–Crippen MR) is 57.0 cm³/mol. The van der Waals surface area contributed by atoms with E-state index in [1.807, 2.05) is 0 Å². The molecule has 0 aliphatic heterocycles. The molecule has 1 N–H and O–H groups in total. The van der Waals surface area contributed by atoms with Crippen molar-refractivity contribution in [2.75, 3.05) is 13.7 Å². The highest BCUT2D eigenvalue weighted by Gasteiger charge is 2.35. The zero-order chi connectivity index (χ0) is 12.3. The molecule has 0 aromatic heterocycles. The monoisotopic (exact) mass is 230 g/mol. The van der Waals surface area contributed by atoms with E-state index in [9.17, 15) is 13.9 Å². The van der Waals surface area contributed by atoms with Gasteiger partial charge in [0, 0.05) is 18.7 Å². The quantitative estimate of drug-likeness (QED) is 0.861. The molecule has 0 fully saturated rings. The molecule has 1 unspecified atom stereocenters. The Morgan fingerprint density at radius 3 is 2.44 bits per heavy atom. The second-order valence-electron chi connectivity index (χ2n) is 4.14. The van der Waals surface area contributed by atoms with Crippen molar-refractivity contribution in [3.05, 3.63) is 35.4 Å². The molecule has 0 bridgehead atoms. The number of hydrogen-bond acceptors (Lipinski definition) is 2. The normalized spacial score (nSPS) is 15.2. The minimum atomic E-state index is -1.44. The van der Waals surface area contributed by atoms with Crippen LogP contribution in [0.2, 0.25) is 0 Å². The molecule has 0 aliphatic carbocycles. The van der Waals surface area contributed by atoms with Crippen LogP contribution in [0.25, 0.3) is 0 Å². The van der Waals surface area contributed by atoms with E-state index < -0.39 is 17.2 Å². The molecule has 0 heterocycles. The second kappa shape index (κ2) is 4.89. The molecule has 0 amide bonds. The van der Waals surface area contributed by atoms with Gasteiger partial charge in [0.1, 0.15) is 17.2 Å². The number of ether oxygens (including phenoxy) is 1. The highest BCUT2D eigenvalue weighted by molar-refractivity contribution is 5.26. The summed E-state index contributed by atoms with van der Waals surface area (Å²) in [6.45, 7) is 3.47. The van der Waals surface area contributed by atoms with Crippen molar-refractivity contribution in [2.24, 2.45) is 5.92 Å². The molecule has 0 spiro atoms. The minimum Gasteiger partial charge on any atom is -0.382 e. The number of benzene rings is 1. The fraction of sp³-hybridized carbons (Fsp3) is 0.500. The smallest absolute Gasteiger partial charge is 0.132 e. The summed E-state index contributed by atoms with van der Waals surface area (Å²) < 4.78 is 31.2. The lowest BCUT2D eigenvalue weighted by molar-refractivity contribution is -0.0723. The van der Waals surface area contributed by atoms with Gasteiger partial charge < -0.3 is 9.84 Å². The summed E-state index contributed by atoms with van der Waals surface area (Å²) in [5.74, 6) is -1.66. The van der Waals surface area contributed by atoms with Crippen LogP contribution in [0, 0.1) is 17.6 Å². The highest BCUT2D eigenvalue weighted by Crippen LogP contribution is 2.31. The average molecular weight is 230 g/mol. The number of methoxy groups -OCH3 is 1. The maximum absolute atomic E-state index is 13.6. The van der Waals surface area contributed by atoms with Crippen molar-refractivity contribution < 1.29 is 18.6 Å². The fourth-order valence-corrected chi connectivity index (χ4v) is 1.62. The Morgan fingerprint density at radius 2 is 2.00 bits per heavy atom. The van der Waals surface area contributed by atoms with Crippen molar-refractivity contribution >= 4 is 0 Å². The molecule has 0 saturated heterocycles. The third-order valence-corrected chi connectivity index (χ3v) is 2.72. The second-order valence-corrected chi connectivity index (χ2v) is 4.14. The molecule has 1 aromatic rings. The van der Waals surface area contributed by atoms with Crippen LogP contribution in [0.5, 0.6) is 0 Å². The van der Waals surface area contributed by atoms with Crippen LogP contribution in [-0.2, 0) is 10.3 Å². The Kier molecular flexibility index (Phi) is 3.99. The van der Waals surface area contributed by atoms with Crippen molar-refractivity contribution in [3.63, 3.8) is 0 Å². The Balaban J connectivity index is 3.21. The van der Waals surface area contributed by atoms with Gasteiger partial charge in [0.05, 0.1) is 6.61 Å². The van der Waals surface area contributed by atoms with Crippen LogP contribution in [0.4, 0.5) is 8.78 Å². The fourth-order valence-electron chi connectivity index (χ4n) is 1.62. The lowest BCUT2D eigenvalue weighted by atomic mass is 9.83. The van der Waals surface area contributed by atoms with Gasteiger partial charge in [0.25, 0.3) is 0 Å². The molecule has 4 heteroatoms. The molecule has 1 rings (SSSR count). The molecule has 0 aliphatic rings. The summed E-state index contributed by atoms with van der Waals surface area (Å²) in [5.41, 5.74) is -1.38. The molecular weight excluding hydrogens is 214 g/mol. The van der Waals surface area contributed by atoms with E-state index in [4.69, 9.17) is 4.74 Å². The molecule has 0 saturated carbocycles. The third kappa shape index (κ3) is 2.39. The summed E-state index contributed by atoms with van der Waals surface area (Å²) in [6, 6.07) is 3.14.